The summed E-state index contributed by atoms with van der Waals surface area (Å²) in [7, 11) is 0. The fourth-order valence-corrected chi connectivity index (χ4v) is 3.89. The third-order valence-electron chi connectivity index (χ3n) is 5.61. The van der Waals surface area contributed by atoms with Gasteiger partial charge in [-0.1, -0.05) is 87.0 Å². The molecule has 5 heteroatoms. The molecule has 0 saturated heterocycles. The van der Waals surface area contributed by atoms with E-state index < -0.39 is 6.04 Å². The largest absolute Gasteiger partial charge is 0.483 e. The fourth-order valence-electron chi connectivity index (χ4n) is 3.89. The molecule has 33 heavy (non-hydrogen) atoms. The number of carbonyl (C=O) groups excluding carboxylic acids is 2. The molecule has 2 amide bonds. The van der Waals surface area contributed by atoms with E-state index in [1.54, 1.807) is 4.90 Å². The quantitative estimate of drug-likeness (QED) is 0.471. The Morgan fingerprint density at radius 1 is 1.00 bits per heavy atom. The van der Waals surface area contributed by atoms with E-state index >= 15 is 0 Å². The lowest BCUT2D eigenvalue weighted by Crippen LogP contribution is -2.50. The second-order valence-corrected chi connectivity index (χ2v) is 8.84. The first kappa shape index (κ1) is 24.3. The maximum atomic E-state index is 13.4. The Morgan fingerprint density at radius 3 is 2.45 bits per heavy atom. The lowest BCUT2D eigenvalue weighted by molar-refractivity contribution is -0.143. The van der Waals surface area contributed by atoms with E-state index in [1.165, 1.54) is 0 Å². The zero-order valence-electron chi connectivity index (χ0n) is 20.0. The zero-order valence-corrected chi connectivity index (χ0v) is 20.0. The number of benzene rings is 3. The molecule has 0 heterocycles. The van der Waals surface area contributed by atoms with Crippen LogP contribution in [0.4, 0.5) is 0 Å². The van der Waals surface area contributed by atoms with E-state index in [0.717, 1.165) is 21.9 Å². The molecule has 1 atom stereocenters. The van der Waals surface area contributed by atoms with Crippen molar-refractivity contribution in [2.45, 2.75) is 46.7 Å². The summed E-state index contributed by atoms with van der Waals surface area (Å²) < 4.78 is 5.97. The third-order valence-corrected chi connectivity index (χ3v) is 5.61. The van der Waals surface area contributed by atoms with Crippen LogP contribution >= 0.6 is 0 Å². The number of rotatable bonds is 10. The molecule has 0 spiro atoms. The predicted molar refractivity (Wildman–Crippen MR) is 133 cm³/mol. The smallest absolute Gasteiger partial charge is 0.261 e. The molecule has 5 nitrogen and oxygen atoms in total. The van der Waals surface area contributed by atoms with Gasteiger partial charge in [-0.25, -0.2) is 0 Å². The van der Waals surface area contributed by atoms with Crippen molar-refractivity contribution in [2.75, 3.05) is 13.2 Å². The highest BCUT2D eigenvalue weighted by Gasteiger charge is 2.29. The van der Waals surface area contributed by atoms with Crippen LogP contribution < -0.4 is 10.1 Å². The Labute approximate surface area is 196 Å². The van der Waals surface area contributed by atoms with Gasteiger partial charge in [-0.15, -0.1) is 0 Å². The molecular weight excluding hydrogens is 412 g/mol. The molecule has 0 bridgehead atoms. The Bertz CT molecular complexity index is 1090. The van der Waals surface area contributed by atoms with Crippen LogP contribution in [0.3, 0.4) is 0 Å². The monoisotopic (exact) mass is 446 g/mol. The van der Waals surface area contributed by atoms with Gasteiger partial charge in [0, 0.05) is 18.5 Å². The molecule has 0 aliphatic carbocycles. The van der Waals surface area contributed by atoms with Gasteiger partial charge in [0.25, 0.3) is 5.91 Å². The summed E-state index contributed by atoms with van der Waals surface area (Å²) in [5.41, 5.74) is 2.10. The number of hydrogen-bond acceptors (Lipinski definition) is 3. The fraction of sp³-hybridized carbons (Fsp3) is 0.357. The normalized spacial score (nSPS) is 11.9. The number of hydrogen-bond donors (Lipinski definition) is 1. The van der Waals surface area contributed by atoms with Crippen LogP contribution in [0, 0.1) is 12.8 Å². The average Bonchev–Trinajstić information content (AvgIpc) is 2.81. The highest BCUT2D eigenvalue weighted by Crippen LogP contribution is 2.25. The van der Waals surface area contributed by atoms with Gasteiger partial charge in [0.15, 0.2) is 6.61 Å². The molecule has 0 aliphatic rings. The number of ether oxygens (including phenoxy) is 1. The molecule has 0 saturated carbocycles. The average molecular weight is 447 g/mol. The van der Waals surface area contributed by atoms with Crippen LogP contribution in [0.2, 0.25) is 0 Å². The number of amides is 2. The molecule has 1 N–H and O–H groups in total. The van der Waals surface area contributed by atoms with Crippen molar-refractivity contribution < 1.29 is 14.3 Å². The van der Waals surface area contributed by atoms with Gasteiger partial charge in [-0.3, -0.25) is 9.59 Å². The van der Waals surface area contributed by atoms with Crippen molar-refractivity contribution in [2.24, 2.45) is 5.92 Å². The second-order valence-electron chi connectivity index (χ2n) is 8.84. The molecule has 3 rings (SSSR count). The zero-order chi connectivity index (χ0) is 23.8. The minimum atomic E-state index is -0.562. The first-order chi connectivity index (χ1) is 15.9. The van der Waals surface area contributed by atoms with Crippen LogP contribution in [0.15, 0.2) is 66.7 Å². The highest BCUT2D eigenvalue weighted by molar-refractivity contribution is 5.90. The lowest BCUT2D eigenvalue weighted by Gasteiger charge is -2.31. The van der Waals surface area contributed by atoms with Crippen molar-refractivity contribution in [3.8, 4) is 5.75 Å². The molecular formula is C28H34N2O3. The minimum Gasteiger partial charge on any atom is -0.483 e. The van der Waals surface area contributed by atoms with Gasteiger partial charge in [0.05, 0.1) is 0 Å². The van der Waals surface area contributed by atoms with Crippen LogP contribution in [-0.4, -0.2) is 35.9 Å². The van der Waals surface area contributed by atoms with Crippen molar-refractivity contribution in [3.63, 3.8) is 0 Å². The summed E-state index contributed by atoms with van der Waals surface area (Å²) in [4.78, 5) is 28.0. The maximum Gasteiger partial charge on any atom is 0.261 e. The predicted octanol–water partition coefficient (Wildman–Crippen LogP) is 5.11. The Morgan fingerprint density at radius 2 is 1.73 bits per heavy atom. The number of fused-ring (bicyclic) bond motifs is 1. The second kappa shape index (κ2) is 11.5. The van der Waals surface area contributed by atoms with Crippen molar-refractivity contribution >= 4 is 22.6 Å². The van der Waals surface area contributed by atoms with E-state index in [1.807, 2.05) is 80.6 Å². The van der Waals surface area contributed by atoms with Crippen molar-refractivity contribution in [3.05, 3.63) is 77.9 Å². The van der Waals surface area contributed by atoms with Crippen molar-refractivity contribution in [1.29, 1.82) is 0 Å². The first-order valence-electron chi connectivity index (χ1n) is 11.6. The van der Waals surface area contributed by atoms with Gasteiger partial charge >= 0.3 is 0 Å². The molecule has 0 aromatic heterocycles. The molecule has 3 aromatic carbocycles. The summed E-state index contributed by atoms with van der Waals surface area (Å²) in [5.74, 6) is 0.657. The number of aryl methyl sites for hydroxylation is 1. The van der Waals surface area contributed by atoms with Crippen LogP contribution in [0.25, 0.3) is 10.8 Å². The minimum absolute atomic E-state index is 0.127. The Hall–Kier alpha value is -3.34. The highest BCUT2D eigenvalue weighted by atomic mass is 16.5. The van der Waals surface area contributed by atoms with Gasteiger partial charge in [-0.2, -0.15) is 0 Å². The standard InChI is InChI=1S/C28H34N2O3/c1-5-25(28(32)29-17-20(2)3)30(18-22-11-8-10-21(4)16-22)27(31)19-33-26-15-9-13-23-12-6-7-14-24(23)26/h6-16,20,25H,5,17-19H2,1-4H3,(H,29,32)/t25-/m1/s1. The summed E-state index contributed by atoms with van der Waals surface area (Å²) in [6.45, 7) is 8.85. The van der Waals surface area contributed by atoms with Crippen LogP contribution in [0.1, 0.15) is 38.3 Å². The first-order valence-corrected chi connectivity index (χ1v) is 11.6. The van der Waals surface area contributed by atoms with E-state index in [9.17, 15) is 9.59 Å². The summed E-state index contributed by atoms with van der Waals surface area (Å²) in [6, 6.07) is 21.2. The summed E-state index contributed by atoms with van der Waals surface area (Å²) >= 11 is 0. The molecule has 0 unspecified atom stereocenters. The van der Waals surface area contributed by atoms with E-state index in [4.69, 9.17) is 4.74 Å². The topological polar surface area (TPSA) is 58.6 Å². The van der Waals surface area contributed by atoms with Gasteiger partial charge in [0.1, 0.15) is 11.8 Å². The Balaban J connectivity index is 1.82. The van der Waals surface area contributed by atoms with Crippen LogP contribution in [0.5, 0.6) is 5.75 Å². The van der Waals surface area contributed by atoms with Gasteiger partial charge in [0.2, 0.25) is 5.91 Å². The molecule has 0 aliphatic heterocycles. The third kappa shape index (κ3) is 6.58. The summed E-state index contributed by atoms with van der Waals surface area (Å²) in [6.07, 6.45) is 0.524. The van der Waals surface area contributed by atoms with Crippen LogP contribution in [-0.2, 0) is 16.1 Å². The van der Waals surface area contributed by atoms with Crippen molar-refractivity contribution in [1.82, 2.24) is 10.2 Å². The number of nitrogens with zero attached hydrogens (tertiary/aromatic N) is 1. The number of nitrogens with one attached hydrogen (secondary N) is 1. The van der Waals surface area contributed by atoms with Gasteiger partial charge in [-0.05, 0) is 36.3 Å². The SMILES string of the molecule is CC[C@H](C(=O)NCC(C)C)N(Cc1cccc(C)c1)C(=O)COc1cccc2ccccc12. The molecule has 0 radical (unpaired) electrons. The number of carbonyl (C=O) groups is 2. The van der Waals surface area contributed by atoms with E-state index in [0.29, 0.717) is 31.2 Å². The molecule has 174 valence electrons. The molecule has 3 aromatic rings. The molecule has 0 fully saturated rings. The van der Waals surface area contributed by atoms with Gasteiger partial charge < -0.3 is 15.0 Å². The lowest BCUT2D eigenvalue weighted by atomic mass is 10.1. The maximum absolute atomic E-state index is 13.4. The summed E-state index contributed by atoms with van der Waals surface area (Å²) in [5, 5.41) is 5.00. The van der Waals surface area contributed by atoms with E-state index in [-0.39, 0.29) is 18.4 Å². The van der Waals surface area contributed by atoms with E-state index in [2.05, 4.69) is 19.2 Å². The Kier molecular flexibility index (Phi) is 8.47.